The molecule has 7 nitrogen and oxygen atoms in total. The van der Waals surface area contributed by atoms with Crippen molar-refractivity contribution in [2.45, 2.75) is 13.3 Å². The van der Waals surface area contributed by atoms with Gasteiger partial charge in [0.15, 0.2) is 5.96 Å². The fourth-order valence-electron chi connectivity index (χ4n) is 1.86. The van der Waals surface area contributed by atoms with E-state index < -0.39 is 0 Å². The minimum Gasteiger partial charge on any atom is -0.370 e. The largest absolute Gasteiger partial charge is 0.370 e. The van der Waals surface area contributed by atoms with E-state index in [1.807, 2.05) is 42.0 Å². The Labute approximate surface area is 116 Å². The number of benzene rings is 1. The zero-order valence-corrected chi connectivity index (χ0v) is 11.2. The summed E-state index contributed by atoms with van der Waals surface area (Å²) >= 11 is 0. The maximum absolute atomic E-state index is 5.68. The molecule has 0 saturated carbocycles. The number of para-hydroxylation sites is 2. The van der Waals surface area contributed by atoms with Gasteiger partial charge in [0.25, 0.3) is 0 Å². The van der Waals surface area contributed by atoms with E-state index in [-0.39, 0.29) is 11.9 Å². The van der Waals surface area contributed by atoms with Crippen LogP contribution in [0.5, 0.6) is 0 Å². The van der Waals surface area contributed by atoms with Gasteiger partial charge >= 0.3 is 0 Å². The van der Waals surface area contributed by atoms with Crippen LogP contribution in [0.1, 0.15) is 12.7 Å². The molecule has 104 valence electrons. The topological polar surface area (TPSA) is 121 Å². The van der Waals surface area contributed by atoms with Gasteiger partial charge in [-0.2, -0.15) is 4.99 Å². The smallest absolute Gasteiger partial charge is 0.223 e. The van der Waals surface area contributed by atoms with Crippen molar-refractivity contribution in [1.82, 2.24) is 9.55 Å². The predicted molar refractivity (Wildman–Crippen MR) is 80.0 cm³/mol. The average molecular weight is 271 g/mol. The molecule has 0 fully saturated rings. The quantitative estimate of drug-likeness (QED) is 0.560. The maximum Gasteiger partial charge on any atom is 0.223 e. The van der Waals surface area contributed by atoms with Gasteiger partial charge in [-0.1, -0.05) is 19.1 Å². The fraction of sp³-hybridized carbons (Fsp3) is 0.154. The molecule has 0 aliphatic heterocycles. The van der Waals surface area contributed by atoms with E-state index in [0.29, 0.717) is 5.69 Å². The third kappa shape index (κ3) is 2.94. The van der Waals surface area contributed by atoms with Gasteiger partial charge in [0.1, 0.15) is 5.82 Å². The highest BCUT2D eigenvalue weighted by Crippen LogP contribution is 2.24. The number of hydrogen-bond donors (Lipinski definition) is 3. The Kier molecular flexibility index (Phi) is 3.99. The summed E-state index contributed by atoms with van der Waals surface area (Å²) in [5.41, 5.74) is 17.8. The van der Waals surface area contributed by atoms with Gasteiger partial charge in [-0.3, -0.25) is 0 Å². The number of aromatic nitrogens is 2. The number of aryl methyl sites for hydroxylation is 1. The van der Waals surface area contributed by atoms with E-state index in [4.69, 9.17) is 17.2 Å². The van der Waals surface area contributed by atoms with Gasteiger partial charge in [-0.05, 0) is 12.1 Å². The van der Waals surface area contributed by atoms with Gasteiger partial charge in [0.05, 0.1) is 11.4 Å². The summed E-state index contributed by atoms with van der Waals surface area (Å²) in [7, 11) is 0. The van der Waals surface area contributed by atoms with E-state index in [9.17, 15) is 0 Å². The normalized spacial score (nSPS) is 11.3. The number of hydrogen-bond acceptors (Lipinski definition) is 2. The molecule has 1 aromatic carbocycles. The Hall–Kier alpha value is -2.83. The van der Waals surface area contributed by atoms with Crippen molar-refractivity contribution in [2.24, 2.45) is 27.2 Å². The van der Waals surface area contributed by atoms with Crippen LogP contribution in [0.4, 0.5) is 5.69 Å². The molecule has 0 aliphatic rings. The van der Waals surface area contributed by atoms with Crippen molar-refractivity contribution in [3.05, 3.63) is 42.5 Å². The Balaban J connectivity index is 2.49. The molecule has 0 bridgehead atoms. The molecule has 0 radical (unpaired) electrons. The van der Waals surface area contributed by atoms with Crippen molar-refractivity contribution >= 4 is 17.6 Å². The van der Waals surface area contributed by atoms with Crippen LogP contribution in [0.25, 0.3) is 5.69 Å². The van der Waals surface area contributed by atoms with Crippen LogP contribution < -0.4 is 17.2 Å². The van der Waals surface area contributed by atoms with E-state index in [2.05, 4.69) is 15.0 Å². The third-order valence-electron chi connectivity index (χ3n) is 2.65. The van der Waals surface area contributed by atoms with Crippen LogP contribution in [0.2, 0.25) is 0 Å². The van der Waals surface area contributed by atoms with E-state index >= 15 is 0 Å². The average Bonchev–Trinajstić information content (AvgIpc) is 2.86. The fourth-order valence-corrected chi connectivity index (χ4v) is 1.86. The molecule has 0 amide bonds. The standard InChI is InChI=1S/C13H17N7/c1-2-11-17-7-8-20(11)10-6-4-3-5-9(10)18-13(16)19-12(14)15/h3-8H,2H2,1H3,(H6,14,15,16,18,19). The van der Waals surface area contributed by atoms with Crippen LogP contribution in [-0.4, -0.2) is 21.5 Å². The highest BCUT2D eigenvalue weighted by atomic mass is 15.1. The predicted octanol–water partition coefficient (Wildman–Crippen LogP) is 0.654. The van der Waals surface area contributed by atoms with E-state index in [1.165, 1.54) is 0 Å². The van der Waals surface area contributed by atoms with Crippen molar-refractivity contribution in [3.63, 3.8) is 0 Å². The lowest BCUT2D eigenvalue weighted by Gasteiger charge is -2.09. The second-order valence-corrected chi connectivity index (χ2v) is 4.06. The highest BCUT2D eigenvalue weighted by Gasteiger charge is 2.07. The minimum atomic E-state index is -0.124. The highest BCUT2D eigenvalue weighted by molar-refractivity contribution is 5.94. The summed E-state index contributed by atoms with van der Waals surface area (Å²) in [4.78, 5) is 12.2. The second kappa shape index (κ2) is 5.87. The molecule has 0 atom stereocenters. The van der Waals surface area contributed by atoms with Gasteiger partial charge in [-0.15, -0.1) is 0 Å². The SMILES string of the molecule is CCc1nccn1-c1ccccc1N=C(N)N=C(N)N. The first-order valence-corrected chi connectivity index (χ1v) is 6.17. The van der Waals surface area contributed by atoms with E-state index in [1.54, 1.807) is 6.20 Å². The number of nitrogens with two attached hydrogens (primary N) is 3. The van der Waals surface area contributed by atoms with Crippen molar-refractivity contribution in [3.8, 4) is 5.69 Å². The van der Waals surface area contributed by atoms with Crippen LogP contribution in [0.15, 0.2) is 46.6 Å². The zero-order valence-electron chi connectivity index (χ0n) is 11.2. The number of aliphatic imine (C=N–C) groups is 2. The summed E-state index contributed by atoms with van der Waals surface area (Å²) < 4.78 is 1.96. The lowest BCUT2D eigenvalue weighted by atomic mass is 10.2. The van der Waals surface area contributed by atoms with E-state index in [0.717, 1.165) is 17.9 Å². The Morgan fingerprint density at radius 1 is 1.25 bits per heavy atom. The molecule has 0 aliphatic carbocycles. The lowest BCUT2D eigenvalue weighted by molar-refractivity contribution is 0.891. The Morgan fingerprint density at radius 2 is 2.00 bits per heavy atom. The molecule has 7 heteroatoms. The first-order chi connectivity index (χ1) is 9.61. The minimum absolute atomic E-state index is 0.00983. The molecule has 0 unspecified atom stereocenters. The number of imidazole rings is 1. The van der Waals surface area contributed by atoms with Gasteiger partial charge in [0, 0.05) is 18.8 Å². The number of guanidine groups is 2. The van der Waals surface area contributed by atoms with Crippen LogP contribution in [-0.2, 0) is 6.42 Å². The van der Waals surface area contributed by atoms with Crippen molar-refractivity contribution in [1.29, 1.82) is 0 Å². The maximum atomic E-state index is 5.68. The van der Waals surface area contributed by atoms with Crippen molar-refractivity contribution < 1.29 is 0 Å². The Morgan fingerprint density at radius 3 is 2.70 bits per heavy atom. The van der Waals surface area contributed by atoms with Gasteiger partial charge in [-0.25, -0.2) is 9.98 Å². The summed E-state index contributed by atoms with van der Waals surface area (Å²) in [5, 5.41) is 0. The van der Waals surface area contributed by atoms with Gasteiger partial charge in [0.2, 0.25) is 5.96 Å². The molecule has 1 aromatic heterocycles. The molecular weight excluding hydrogens is 254 g/mol. The molecule has 2 rings (SSSR count). The monoisotopic (exact) mass is 271 g/mol. The Bertz CT molecular complexity index is 650. The molecule has 2 aromatic rings. The summed E-state index contributed by atoms with van der Waals surface area (Å²) in [6.45, 7) is 2.04. The molecule has 1 heterocycles. The second-order valence-electron chi connectivity index (χ2n) is 4.06. The lowest BCUT2D eigenvalue weighted by Crippen LogP contribution is -2.26. The summed E-state index contributed by atoms with van der Waals surface area (Å²) in [6, 6.07) is 7.56. The van der Waals surface area contributed by atoms with Gasteiger partial charge < -0.3 is 21.8 Å². The molecule has 20 heavy (non-hydrogen) atoms. The van der Waals surface area contributed by atoms with Crippen molar-refractivity contribution in [2.75, 3.05) is 0 Å². The summed E-state index contributed by atoms with van der Waals surface area (Å²) in [5.74, 6) is 0.823. The number of nitrogens with zero attached hydrogens (tertiary/aromatic N) is 4. The molecule has 6 N–H and O–H groups in total. The number of rotatable bonds is 3. The first kappa shape index (κ1) is 13.6. The first-order valence-electron chi connectivity index (χ1n) is 6.17. The zero-order chi connectivity index (χ0) is 14.5. The molecule has 0 spiro atoms. The molecular formula is C13H17N7. The molecule has 0 saturated heterocycles. The van der Waals surface area contributed by atoms with Crippen LogP contribution in [0.3, 0.4) is 0 Å². The van der Waals surface area contributed by atoms with Crippen LogP contribution in [0, 0.1) is 0 Å². The van der Waals surface area contributed by atoms with Crippen LogP contribution >= 0.6 is 0 Å². The third-order valence-corrected chi connectivity index (χ3v) is 2.65. The summed E-state index contributed by atoms with van der Waals surface area (Å²) in [6.07, 6.45) is 4.44.